The second-order valence-corrected chi connectivity index (χ2v) is 10.9. The molecule has 0 saturated heterocycles. The number of rotatable bonds is 11. The first-order chi connectivity index (χ1) is 21.5. The molecule has 0 spiro atoms. The Balaban J connectivity index is 1.65. The van der Waals surface area contributed by atoms with Crippen molar-refractivity contribution in [3.63, 3.8) is 0 Å². The fourth-order valence-electron chi connectivity index (χ4n) is 6.28. The molecule has 0 N–H and O–H groups in total. The molecule has 0 atom stereocenters. The van der Waals surface area contributed by atoms with Crippen molar-refractivity contribution in [3.05, 3.63) is 121 Å². The molecule has 6 heteroatoms. The predicted octanol–water partition coefficient (Wildman–Crippen LogP) is 8.18. The number of benzene rings is 2. The molecule has 2 aromatic carbocycles. The third-order valence-electron chi connectivity index (χ3n) is 8.00. The van der Waals surface area contributed by atoms with Crippen LogP contribution in [0, 0.1) is 0 Å². The maximum Gasteiger partial charge on any atom is 0.302 e. The van der Waals surface area contributed by atoms with E-state index in [0.717, 1.165) is 59.2 Å². The van der Waals surface area contributed by atoms with Crippen LogP contribution in [0.1, 0.15) is 37.8 Å². The summed E-state index contributed by atoms with van der Waals surface area (Å²) < 4.78 is 15.3. The van der Waals surface area contributed by atoms with Gasteiger partial charge in [0.1, 0.15) is 0 Å². The number of carbonyl (C=O) groups is 2. The van der Waals surface area contributed by atoms with Crippen molar-refractivity contribution in [1.82, 2.24) is 8.80 Å². The quantitative estimate of drug-likeness (QED) is 0.114. The molecule has 0 radical (unpaired) electrons. The zero-order valence-electron chi connectivity index (χ0n) is 25.2. The lowest BCUT2D eigenvalue weighted by molar-refractivity contribution is -0.142. The molecule has 0 amide bonds. The monoisotopic (exact) mass is 584 g/mol. The van der Waals surface area contributed by atoms with E-state index in [1.54, 1.807) is 0 Å². The Morgan fingerprint density at radius 1 is 0.545 bits per heavy atom. The SMILES string of the molecule is CC(=O)OCCCc1c(-c2ccccc2)c(-c2c(-c3ccccc3)c(CCCOC(C)=O)c3ccccn23)n2ccccc12. The molecule has 222 valence electrons. The van der Waals surface area contributed by atoms with Crippen molar-refractivity contribution in [3.8, 4) is 33.6 Å². The summed E-state index contributed by atoms with van der Waals surface area (Å²) in [5.74, 6) is -0.520. The van der Waals surface area contributed by atoms with Gasteiger partial charge < -0.3 is 18.3 Å². The van der Waals surface area contributed by atoms with Crippen molar-refractivity contribution >= 4 is 23.0 Å². The standard InChI is InChI=1S/C38H36N2O4/c1-27(41)43-25-13-19-31-33-21-9-11-23-39(33)37(35(31)29-15-5-3-6-16-29)38-36(30-17-7-4-8-18-30)32(20-14-26-44-28(2)42)34-22-10-12-24-40(34)38/h3-12,15-18,21-24H,13-14,19-20,25-26H2,1-2H3. The van der Waals surface area contributed by atoms with E-state index >= 15 is 0 Å². The van der Waals surface area contributed by atoms with Crippen LogP contribution in [0.5, 0.6) is 0 Å². The maximum atomic E-state index is 11.5. The van der Waals surface area contributed by atoms with E-state index in [0.29, 0.717) is 13.2 Å². The van der Waals surface area contributed by atoms with Crippen molar-refractivity contribution in [2.45, 2.75) is 39.5 Å². The molecule has 0 aliphatic carbocycles. The highest BCUT2D eigenvalue weighted by molar-refractivity contribution is 5.98. The van der Waals surface area contributed by atoms with Crippen molar-refractivity contribution < 1.29 is 19.1 Å². The molecular formula is C38H36N2O4. The summed E-state index contributed by atoms with van der Waals surface area (Å²) in [6.45, 7) is 3.65. The van der Waals surface area contributed by atoms with Gasteiger partial charge in [0.15, 0.2) is 0 Å². The maximum absolute atomic E-state index is 11.5. The smallest absolute Gasteiger partial charge is 0.302 e. The number of ether oxygens (including phenoxy) is 2. The molecule has 6 rings (SSSR count). The topological polar surface area (TPSA) is 61.4 Å². The van der Waals surface area contributed by atoms with Crippen LogP contribution in [0.25, 0.3) is 44.7 Å². The van der Waals surface area contributed by atoms with Crippen LogP contribution in [0.3, 0.4) is 0 Å². The lowest BCUT2D eigenvalue weighted by Crippen LogP contribution is -2.02. The minimum Gasteiger partial charge on any atom is -0.466 e. The molecule has 0 fully saturated rings. The molecule has 0 bridgehead atoms. The van der Waals surface area contributed by atoms with Crippen LogP contribution in [0.15, 0.2) is 109 Å². The highest BCUT2D eigenvalue weighted by atomic mass is 16.5. The van der Waals surface area contributed by atoms with Gasteiger partial charge >= 0.3 is 11.9 Å². The predicted molar refractivity (Wildman–Crippen MR) is 175 cm³/mol. The lowest BCUT2D eigenvalue weighted by atomic mass is 9.92. The molecule has 44 heavy (non-hydrogen) atoms. The van der Waals surface area contributed by atoms with Gasteiger partial charge in [-0.15, -0.1) is 0 Å². The van der Waals surface area contributed by atoms with Gasteiger partial charge in [0.2, 0.25) is 0 Å². The number of esters is 2. The number of carbonyl (C=O) groups excluding carboxylic acids is 2. The molecule has 4 aromatic heterocycles. The van der Waals surface area contributed by atoms with Crippen LogP contribution in [-0.4, -0.2) is 34.0 Å². The number of fused-ring (bicyclic) bond motifs is 2. The number of hydrogen-bond acceptors (Lipinski definition) is 4. The highest BCUT2D eigenvalue weighted by Gasteiger charge is 2.28. The molecule has 0 aliphatic rings. The number of nitrogens with zero attached hydrogens (tertiary/aromatic N) is 2. The molecule has 6 nitrogen and oxygen atoms in total. The van der Waals surface area contributed by atoms with E-state index in [9.17, 15) is 9.59 Å². The molecule has 4 heterocycles. The Kier molecular flexibility index (Phi) is 8.59. The Labute approximate surface area is 257 Å². The Hall–Kier alpha value is -5.10. The summed E-state index contributed by atoms with van der Waals surface area (Å²) in [5.41, 5.74) is 11.5. The van der Waals surface area contributed by atoms with Crippen LogP contribution < -0.4 is 0 Å². The largest absolute Gasteiger partial charge is 0.466 e. The summed E-state index contributed by atoms with van der Waals surface area (Å²) in [6, 6.07) is 33.8. The first-order valence-electron chi connectivity index (χ1n) is 15.2. The third kappa shape index (κ3) is 5.76. The van der Waals surface area contributed by atoms with Gasteiger partial charge in [-0.05, 0) is 72.2 Å². The fourth-order valence-corrected chi connectivity index (χ4v) is 6.28. The lowest BCUT2D eigenvalue weighted by Gasteiger charge is -2.13. The van der Waals surface area contributed by atoms with Gasteiger partial charge in [0, 0.05) is 48.4 Å². The molecule has 6 aromatic rings. The number of pyridine rings is 2. The summed E-state index contributed by atoms with van der Waals surface area (Å²) >= 11 is 0. The van der Waals surface area contributed by atoms with E-state index < -0.39 is 0 Å². The summed E-state index contributed by atoms with van der Waals surface area (Å²) in [5, 5.41) is 0. The molecular weight excluding hydrogens is 548 g/mol. The Bertz CT molecular complexity index is 1780. The number of hydrogen-bond donors (Lipinski definition) is 0. The molecule has 0 saturated carbocycles. The number of aromatic nitrogens is 2. The summed E-state index contributed by atoms with van der Waals surface area (Å²) in [7, 11) is 0. The van der Waals surface area contributed by atoms with Gasteiger partial charge in [-0.25, -0.2) is 0 Å². The van der Waals surface area contributed by atoms with Crippen molar-refractivity contribution in [1.29, 1.82) is 0 Å². The van der Waals surface area contributed by atoms with Gasteiger partial charge in [-0.3, -0.25) is 9.59 Å². The molecule has 0 unspecified atom stereocenters. The van der Waals surface area contributed by atoms with Gasteiger partial charge in [-0.1, -0.05) is 72.8 Å². The van der Waals surface area contributed by atoms with Crippen LogP contribution in [0.4, 0.5) is 0 Å². The second-order valence-electron chi connectivity index (χ2n) is 10.9. The van der Waals surface area contributed by atoms with Crippen molar-refractivity contribution in [2.75, 3.05) is 13.2 Å². The number of aryl methyl sites for hydroxylation is 2. The van der Waals surface area contributed by atoms with Gasteiger partial charge in [-0.2, -0.15) is 0 Å². The van der Waals surface area contributed by atoms with Crippen LogP contribution in [-0.2, 0) is 31.9 Å². The summed E-state index contributed by atoms with van der Waals surface area (Å²) in [6.07, 6.45) is 7.23. The molecule has 0 aliphatic heterocycles. The third-order valence-corrected chi connectivity index (χ3v) is 8.00. The average Bonchev–Trinajstić information content (AvgIpc) is 3.54. The van der Waals surface area contributed by atoms with Gasteiger partial charge in [0.05, 0.1) is 24.6 Å². The highest BCUT2D eigenvalue weighted by Crippen LogP contribution is 2.46. The Morgan fingerprint density at radius 2 is 0.932 bits per heavy atom. The minimum absolute atomic E-state index is 0.260. The second kappa shape index (κ2) is 13.0. The van der Waals surface area contributed by atoms with Crippen LogP contribution >= 0.6 is 0 Å². The van der Waals surface area contributed by atoms with Gasteiger partial charge in [0.25, 0.3) is 0 Å². The first-order valence-corrected chi connectivity index (χ1v) is 15.2. The average molecular weight is 585 g/mol. The fraction of sp³-hybridized carbons (Fsp3) is 0.211. The minimum atomic E-state index is -0.260. The van der Waals surface area contributed by atoms with E-state index in [2.05, 4.69) is 106 Å². The summed E-state index contributed by atoms with van der Waals surface area (Å²) in [4.78, 5) is 23.0. The van der Waals surface area contributed by atoms with E-state index in [-0.39, 0.29) is 11.9 Å². The van der Waals surface area contributed by atoms with E-state index in [1.807, 2.05) is 12.1 Å². The normalized spacial score (nSPS) is 11.2. The Morgan fingerprint density at radius 3 is 1.32 bits per heavy atom. The van der Waals surface area contributed by atoms with Crippen molar-refractivity contribution in [2.24, 2.45) is 0 Å². The van der Waals surface area contributed by atoms with E-state index in [4.69, 9.17) is 9.47 Å². The zero-order valence-corrected chi connectivity index (χ0v) is 25.2. The zero-order chi connectivity index (χ0) is 30.5. The van der Waals surface area contributed by atoms with E-state index in [1.165, 1.54) is 36.1 Å². The first kappa shape index (κ1) is 29.0. The van der Waals surface area contributed by atoms with Crippen LogP contribution in [0.2, 0.25) is 0 Å².